The van der Waals surface area contributed by atoms with Crippen molar-refractivity contribution in [2.45, 2.75) is 96.6 Å². The summed E-state index contributed by atoms with van der Waals surface area (Å²) >= 11 is 0. The molecule has 5 heteroatoms. The zero-order chi connectivity index (χ0) is 24.2. The van der Waals surface area contributed by atoms with Gasteiger partial charge in [0.05, 0.1) is 0 Å². The number of benzene rings is 1. The van der Waals surface area contributed by atoms with Crippen LogP contribution in [0.5, 0.6) is 5.75 Å². The van der Waals surface area contributed by atoms with Crippen LogP contribution in [0.4, 0.5) is 0 Å². The Kier molecular flexibility index (Phi) is 6.65. The first-order chi connectivity index (χ1) is 15.4. The molecule has 0 radical (unpaired) electrons. The minimum atomic E-state index is -1.85. The third-order valence-electron chi connectivity index (χ3n) is 9.74. The molecule has 3 aliphatic carbocycles. The Morgan fingerprint density at radius 1 is 1.15 bits per heavy atom. The van der Waals surface area contributed by atoms with Gasteiger partial charge in [0.15, 0.2) is 6.29 Å². The molecule has 2 fully saturated rings. The number of hydrogen-bond donors (Lipinski definition) is 0. The predicted octanol–water partition coefficient (Wildman–Crippen LogP) is 6.73. The quantitative estimate of drug-likeness (QED) is 0.340. The standard InChI is InChI=1S/C28H44O4Si/c1-27(2,3)33(7,8)32-20-10-12-21-18(15-20)9-11-23-22(21)13-14-28(4)24(23)16-19(26(28)29)17-25(30-5)31-6/h10,12,15,19,22-25H,9,11,13-14,16-17H2,1-8H3/t19-,22+,23+,24-,28-/m0/s1. The molecule has 0 N–H and O–H groups in total. The van der Waals surface area contributed by atoms with E-state index in [9.17, 15) is 4.79 Å². The number of aryl methyl sites for hydroxylation is 1. The zero-order valence-electron chi connectivity index (χ0n) is 22.0. The van der Waals surface area contributed by atoms with E-state index in [1.807, 2.05) is 0 Å². The molecular weight excluding hydrogens is 428 g/mol. The van der Waals surface area contributed by atoms with E-state index in [4.69, 9.17) is 13.9 Å². The van der Waals surface area contributed by atoms with Gasteiger partial charge in [-0.1, -0.05) is 33.8 Å². The lowest BCUT2D eigenvalue weighted by Crippen LogP contribution is -2.44. The summed E-state index contributed by atoms with van der Waals surface area (Å²) in [7, 11) is 1.49. The number of ketones is 1. The van der Waals surface area contributed by atoms with Crippen LogP contribution in [0, 0.1) is 23.2 Å². The van der Waals surface area contributed by atoms with Gasteiger partial charge in [-0.15, -0.1) is 0 Å². The predicted molar refractivity (Wildman–Crippen MR) is 135 cm³/mol. The Morgan fingerprint density at radius 3 is 2.48 bits per heavy atom. The average molecular weight is 473 g/mol. The smallest absolute Gasteiger partial charge is 0.250 e. The van der Waals surface area contributed by atoms with Crippen LogP contribution in [0.2, 0.25) is 18.1 Å². The van der Waals surface area contributed by atoms with E-state index in [1.165, 1.54) is 17.5 Å². The van der Waals surface area contributed by atoms with Crippen molar-refractivity contribution in [2.24, 2.45) is 23.2 Å². The van der Waals surface area contributed by atoms with Crippen LogP contribution in [0.15, 0.2) is 18.2 Å². The number of hydrogen-bond acceptors (Lipinski definition) is 4. The van der Waals surface area contributed by atoms with Crippen LogP contribution in [0.1, 0.15) is 76.8 Å². The second kappa shape index (κ2) is 8.80. The van der Waals surface area contributed by atoms with Gasteiger partial charge < -0.3 is 13.9 Å². The maximum Gasteiger partial charge on any atom is 0.250 e. The Bertz CT molecular complexity index is 884. The van der Waals surface area contributed by atoms with Crippen molar-refractivity contribution in [3.05, 3.63) is 29.3 Å². The molecule has 4 rings (SSSR count). The minimum absolute atomic E-state index is 0.0606. The largest absolute Gasteiger partial charge is 0.543 e. The molecule has 0 saturated heterocycles. The molecule has 1 aromatic carbocycles. The van der Waals surface area contributed by atoms with Crippen molar-refractivity contribution in [2.75, 3.05) is 14.2 Å². The Morgan fingerprint density at radius 2 is 1.85 bits per heavy atom. The molecule has 0 spiro atoms. The SMILES string of the molecule is COC(C[C@@H]1C[C@H]2[C@@H]3CCc4cc(O[Si](C)(C)C(C)(C)C)ccc4[C@H]3CC[C@]2(C)C1=O)OC. The fraction of sp³-hybridized carbons (Fsp3) is 0.750. The van der Waals surface area contributed by atoms with Crippen LogP contribution in [0.3, 0.4) is 0 Å². The first-order valence-electron chi connectivity index (χ1n) is 12.8. The van der Waals surface area contributed by atoms with Gasteiger partial charge in [0.25, 0.3) is 0 Å². The number of Topliss-reactive ketones (excluding diaryl/α,β-unsaturated/α-hetero) is 1. The van der Waals surface area contributed by atoms with Crippen LogP contribution in [-0.4, -0.2) is 34.6 Å². The highest BCUT2D eigenvalue weighted by atomic mass is 28.4. The number of methoxy groups -OCH3 is 2. The van der Waals surface area contributed by atoms with Gasteiger partial charge >= 0.3 is 0 Å². The third kappa shape index (κ3) is 4.34. The lowest BCUT2D eigenvalue weighted by molar-refractivity contribution is -0.139. The highest BCUT2D eigenvalue weighted by Crippen LogP contribution is 2.61. The van der Waals surface area contributed by atoms with E-state index in [0.717, 1.165) is 31.4 Å². The van der Waals surface area contributed by atoms with Gasteiger partial charge in [0.1, 0.15) is 11.5 Å². The van der Waals surface area contributed by atoms with E-state index in [2.05, 4.69) is 59.0 Å². The molecule has 0 heterocycles. The lowest BCUT2D eigenvalue weighted by Gasteiger charge is -2.48. The number of fused-ring (bicyclic) bond motifs is 5. The third-order valence-corrected chi connectivity index (χ3v) is 14.1. The Hall–Kier alpha value is -1.17. The molecule has 3 aliphatic rings. The molecule has 1 aromatic rings. The highest BCUT2D eigenvalue weighted by molar-refractivity contribution is 6.74. The second-order valence-corrected chi connectivity index (χ2v) is 17.3. The first-order valence-corrected chi connectivity index (χ1v) is 15.7. The summed E-state index contributed by atoms with van der Waals surface area (Å²) in [4.78, 5) is 13.5. The lowest BCUT2D eigenvalue weighted by atomic mass is 9.55. The molecule has 0 bridgehead atoms. The van der Waals surface area contributed by atoms with Gasteiger partial charge in [0, 0.05) is 32.0 Å². The summed E-state index contributed by atoms with van der Waals surface area (Å²) in [5.41, 5.74) is 2.80. The van der Waals surface area contributed by atoms with Crippen molar-refractivity contribution < 1.29 is 18.7 Å². The summed E-state index contributed by atoms with van der Waals surface area (Å²) in [6.45, 7) is 13.7. The molecule has 5 atom stereocenters. The topological polar surface area (TPSA) is 44.8 Å². The Labute approximate surface area is 201 Å². The van der Waals surface area contributed by atoms with Gasteiger partial charge in [-0.3, -0.25) is 4.79 Å². The molecule has 184 valence electrons. The average Bonchev–Trinajstić information content (AvgIpc) is 3.01. The summed E-state index contributed by atoms with van der Waals surface area (Å²) < 4.78 is 17.5. The van der Waals surface area contributed by atoms with E-state index in [1.54, 1.807) is 14.2 Å². The minimum Gasteiger partial charge on any atom is -0.543 e. The van der Waals surface area contributed by atoms with Crippen LogP contribution in [0.25, 0.3) is 0 Å². The number of carbonyl (C=O) groups is 1. The summed E-state index contributed by atoms with van der Waals surface area (Å²) in [5, 5.41) is 0.192. The molecule has 4 nitrogen and oxygen atoms in total. The van der Waals surface area contributed by atoms with Gasteiger partial charge in [0.2, 0.25) is 8.32 Å². The van der Waals surface area contributed by atoms with Crippen LogP contribution < -0.4 is 4.43 Å². The van der Waals surface area contributed by atoms with Crippen molar-refractivity contribution in [1.82, 2.24) is 0 Å². The van der Waals surface area contributed by atoms with Gasteiger partial charge in [-0.25, -0.2) is 0 Å². The molecule has 33 heavy (non-hydrogen) atoms. The maximum absolute atomic E-state index is 13.5. The molecule has 0 aromatic heterocycles. The maximum atomic E-state index is 13.5. The van der Waals surface area contributed by atoms with Crippen molar-refractivity contribution in [1.29, 1.82) is 0 Å². The number of ether oxygens (including phenoxy) is 2. The van der Waals surface area contributed by atoms with E-state index in [-0.39, 0.29) is 22.7 Å². The first kappa shape index (κ1) is 24.9. The van der Waals surface area contributed by atoms with Crippen molar-refractivity contribution >= 4 is 14.1 Å². The number of carbonyl (C=O) groups excluding carboxylic acids is 1. The van der Waals surface area contributed by atoms with Crippen molar-refractivity contribution in [3.8, 4) is 5.75 Å². The van der Waals surface area contributed by atoms with Gasteiger partial charge in [-0.2, -0.15) is 0 Å². The molecule has 0 amide bonds. The second-order valence-electron chi connectivity index (χ2n) is 12.5. The van der Waals surface area contributed by atoms with Gasteiger partial charge in [-0.05, 0) is 91.2 Å². The highest BCUT2D eigenvalue weighted by Gasteiger charge is 2.58. The fourth-order valence-corrected chi connectivity index (χ4v) is 7.76. The monoisotopic (exact) mass is 472 g/mol. The molecule has 0 aliphatic heterocycles. The molecule has 0 unspecified atom stereocenters. The molecular formula is C28H44O4Si. The van der Waals surface area contributed by atoms with Crippen molar-refractivity contribution in [3.63, 3.8) is 0 Å². The summed E-state index contributed by atoms with van der Waals surface area (Å²) in [6.07, 6.45) is 5.77. The van der Waals surface area contributed by atoms with Crippen LogP contribution >= 0.6 is 0 Å². The summed E-state index contributed by atoms with van der Waals surface area (Å²) in [6, 6.07) is 6.88. The summed E-state index contributed by atoms with van der Waals surface area (Å²) in [5.74, 6) is 3.20. The zero-order valence-corrected chi connectivity index (χ0v) is 23.0. The Balaban J connectivity index is 1.54. The normalized spacial score (nSPS) is 31.8. The van der Waals surface area contributed by atoms with E-state index >= 15 is 0 Å². The van der Waals surface area contributed by atoms with Crippen LogP contribution in [-0.2, 0) is 20.7 Å². The van der Waals surface area contributed by atoms with E-state index < -0.39 is 8.32 Å². The van der Waals surface area contributed by atoms with E-state index in [0.29, 0.717) is 30.0 Å². The number of rotatable bonds is 6. The fourth-order valence-electron chi connectivity index (χ4n) is 6.73. The molecule has 2 saturated carbocycles.